The van der Waals surface area contributed by atoms with E-state index < -0.39 is 21.9 Å². The minimum Gasteiger partial charge on any atom is -0.465 e. The Morgan fingerprint density at radius 1 is 1.30 bits per heavy atom. The molecule has 0 fully saturated rings. The summed E-state index contributed by atoms with van der Waals surface area (Å²) in [5.41, 5.74) is 0. The van der Waals surface area contributed by atoms with Gasteiger partial charge in [-0.05, 0) is 60.1 Å². The Kier molecular flexibility index (Phi) is 4.31. The molecule has 2 aromatic rings. The van der Waals surface area contributed by atoms with Crippen molar-refractivity contribution in [3.8, 4) is 0 Å². The highest BCUT2D eigenvalue weighted by Gasteiger charge is 2.22. The fourth-order valence-electron chi connectivity index (χ4n) is 1.73. The van der Waals surface area contributed by atoms with E-state index in [0.717, 1.165) is 12.1 Å². The predicted molar refractivity (Wildman–Crippen MR) is 76.3 cm³/mol. The van der Waals surface area contributed by atoms with Gasteiger partial charge in [-0.2, -0.15) is 0 Å². The monoisotopic (exact) mass is 361 g/mol. The van der Waals surface area contributed by atoms with Gasteiger partial charge in [0.25, 0.3) is 0 Å². The molecule has 1 heterocycles. The molecule has 20 heavy (non-hydrogen) atoms. The first-order valence-electron chi connectivity index (χ1n) is 5.83. The van der Waals surface area contributed by atoms with E-state index in [0.29, 0.717) is 11.5 Å². The minimum absolute atomic E-state index is 0.0194. The molecule has 0 aliphatic heterocycles. The lowest BCUT2D eigenvalue weighted by Gasteiger charge is -2.13. The van der Waals surface area contributed by atoms with Crippen molar-refractivity contribution in [2.45, 2.75) is 24.8 Å². The molecule has 0 spiro atoms. The SMILES string of the molecule is Cc1ccc(C(C)NS(=O)(=O)c2ccc(F)cc2Br)o1. The summed E-state index contributed by atoms with van der Waals surface area (Å²) in [5.74, 6) is 0.712. The highest BCUT2D eigenvalue weighted by atomic mass is 79.9. The zero-order valence-electron chi connectivity index (χ0n) is 10.9. The van der Waals surface area contributed by atoms with Crippen molar-refractivity contribution in [3.63, 3.8) is 0 Å². The first kappa shape index (κ1) is 15.2. The van der Waals surface area contributed by atoms with E-state index >= 15 is 0 Å². The average molecular weight is 362 g/mol. The second-order valence-electron chi connectivity index (χ2n) is 4.37. The molecule has 1 aromatic carbocycles. The second kappa shape index (κ2) is 5.67. The lowest BCUT2D eigenvalue weighted by atomic mass is 10.3. The van der Waals surface area contributed by atoms with E-state index in [1.807, 2.05) is 0 Å². The summed E-state index contributed by atoms with van der Waals surface area (Å²) in [6, 6.07) is 6.36. The number of halogens is 2. The van der Waals surface area contributed by atoms with Crippen LogP contribution in [0, 0.1) is 12.7 Å². The van der Waals surface area contributed by atoms with Gasteiger partial charge in [0.05, 0.1) is 10.9 Å². The molecular formula is C13H13BrFNO3S. The van der Waals surface area contributed by atoms with Crippen LogP contribution in [0.1, 0.15) is 24.5 Å². The van der Waals surface area contributed by atoms with Crippen LogP contribution < -0.4 is 4.72 Å². The number of hydrogen-bond acceptors (Lipinski definition) is 3. The van der Waals surface area contributed by atoms with E-state index in [2.05, 4.69) is 20.7 Å². The number of sulfonamides is 1. The van der Waals surface area contributed by atoms with Crippen molar-refractivity contribution < 1.29 is 17.2 Å². The van der Waals surface area contributed by atoms with Gasteiger partial charge in [0, 0.05) is 4.47 Å². The number of furan rings is 1. The Hall–Kier alpha value is -1.18. The van der Waals surface area contributed by atoms with Crippen molar-refractivity contribution in [1.82, 2.24) is 4.72 Å². The van der Waals surface area contributed by atoms with Crippen LogP contribution in [-0.2, 0) is 10.0 Å². The van der Waals surface area contributed by atoms with Crippen LogP contribution in [0.4, 0.5) is 4.39 Å². The summed E-state index contributed by atoms with van der Waals surface area (Å²) in [6.07, 6.45) is 0. The summed E-state index contributed by atoms with van der Waals surface area (Å²) >= 11 is 3.05. The molecule has 1 aromatic heterocycles. The molecule has 1 unspecified atom stereocenters. The van der Waals surface area contributed by atoms with Crippen LogP contribution >= 0.6 is 15.9 Å². The maximum absolute atomic E-state index is 13.0. The summed E-state index contributed by atoms with van der Waals surface area (Å²) in [7, 11) is -3.77. The van der Waals surface area contributed by atoms with Crippen molar-refractivity contribution in [1.29, 1.82) is 0 Å². The molecule has 0 bridgehead atoms. The van der Waals surface area contributed by atoms with Gasteiger partial charge in [-0.25, -0.2) is 17.5 Å². The zero-order chi connectivity index (χ0) is 14.9. The smallest absolute Gasteiger partial charge is 0.242 e. The maximum Gasteiger partial charge on any atom is 0.242 e. The van der Waals surface area contributed by atoms with Gasteiger partial charge in [-0.3, -0.25) is 0 Å². The van der Waals surface area contributed by atoms with E-state index in [9.17, 15) is 12.8 Å². The molecule has 0 saturated heterocycles. The molecule has 0 radical (unpaired) electrons. The molecule has 1 N–H and O–H groups in total. The Balaban J connectivity index is 2.27. The van der Waals surface area contributed by atoms with Gasteiger partial charge in [0.2, 0.25) is 10.0 Å². The van der Waals surface area contributed by atoms with Gasteiger partial charge in [0.1, 0.15) is 17.3 Å². The van der Waals surface area contributed by atoms with Crippen molar-refractivity contribution in [2.75, 3.05) is 0 Å². The largest absolute Gasteiger partial charge is 0.465 e. The Morgan fingerprint density at radius 2 is 2.00 bits per heavy atom. The third-order valence-corrected chi connectivity index (χ3v) is 5.22. The molecule has 108 valence electrons. The normalized spacial score (nSPS) is 13.4. The number of rotatable bonds is 4. The highest BCUT2D eigenvalue weighted by molar-refractivity contribution is 9.10. The summed E-state index contributed by atoms with van der Waals surface area (Å²) in [4.78, 5) is -0.0194. The molecular weight excluding hydrogens is 349 g/mol. The van der Waals surface area contributed by atoms with Crippen molar-refractivity contribution in [2.24, 2.45) is 0 Å². The van der Waals surface area contributed by atoms with Crippen LogP contribution in [0.5, 0.6) is 0 Å². The standard InChI is InChI=1S/C13H13BrFNO3S/c1-8-3-5-12(19-8)9(2)16-20(17,18)13-6-4-10(15)7-11(13)14/h3-7,9,16H,1-2H3. The van der Waals surface area contributed by atoms with E-state index in [1.165, 1.54) is 6.07 Å². The van der Waals surface area contributed by atoms with Gasteiger partial charge in [0.15, 0.2) is 0 Å². The van der Waals surface area contributed by atoms with Crippen LogP contribution in [-0.4, -0.2) is 8.42 Å². The fourth-order valence-corrected chi connectivity index (χ4v) is 4.00. The van der Waals surface area contributed by atoms with E-state index in [4.69, 9.17) is 4.42 Å². The van der Waals surface area contributed by atoms with E-state index in [1.54, 1.807) is 26.0 Å². The van der Waals surface area contributed by atoms with Crippen molar-refractivity contribution in [3.05, 3.63) is 52.1 Å². The molecule has 7 heteroatoms. The highest BCUT2D eigenvalue weighted by Crippen LogP contribution is 2.25. The Labute approximate surface area is 125 Å². The molecule has 4 nitrogen and oxygen atoms in total. The third-order valence-electron chi connectivity index (χ3n) is 2.70. The van der Waals surface area contributed by atoms with Gasteiger partial charge in [-0.15, -0.1) is 0 Å². The van der Waals surface area contributed by atoms with Crippen LogP contribution in [0.25, 0.3) is 0 Å². The number of benzene rings is 1. The predicted octanol–water partition coefficient (Wildman–Crippen LogP) is 3.53. The van der Waals surface area contributed by atoms with E-state index in [-0.39, 0.29) is 9.37 Å². The average Bonchev–Trinajstić information content (AvgIpc) is 2.74. The summed E-state index contributed by atoms with van der Waals surface area (Å²) < 4.78 is 45.5. The molecule has 0 aliphatic rings. The minimum atomic E-state index is -3.77. The van der Waals surface area contributed by atoms with Crippen LogP contribution in [0.2, 0.25) is 0 Å². The lowest BCUT2D eigenvalue weighted by Crippen LogP contribution is -2.27. The van der Waals surface area contributed by atoms with Crippen molar-refractivity contribution >= 4 is 26.0 Å². The maximum atomic E-state index is 13.0. The first-order chi connectivity index (χ1) is 9.29. The zero-order valence-corrected chi connectivity index (χ0v) is 13.3. The quantitative estimate of drug-likeness (QED) is 0.905. The van der Waals surface area contributed by atoms with Gasteiger partial charge >= 0.3 is 0 Å². The fraction of sp³-hybridized carbons (Fsp3) is 0.231. The van der Waals surface area contributed by atoms with Crippen LogP contribution in [0.15, 0.2) is 44.1 Å². The molecule has 0 aliphatic carbocycles. The lowest BCUT2D eigenvalue weighted by molar-refractivity contribution is 0.441. The third kappa shape index (κ3) is 3.28. The molecule has 0 amide bonds. The summed E-state index contributed by atoms with van der Waals surface area (Å²) in [5, 5.41) is 0. The molecule has 0 saturated carbocycles. The Morgan fingerprint density at radius 3 is 2.55 bits per heavy atom. The topological polar surface area (TPSA) is 59.3 Å². The molecule has 1 atom stereocenters. The van der Waals surface area contributed by atoms with Crippen LogP contribution in [0.3, 0.4) is 0 Å². The Bertz CT molecular complexity index is 727. The second-order valence-corrected chi connectivity index (χ2v) is 6.90. The van der Waals surface area contributed by atoms with Gasteiger partial charge < -0.3 is 4.42 Å². The first-order valence-corrected chi connectivity index (χ1v) is 8.11. The number of nitrogens with one attached hydrogen (secondary N) is 1. The molecule has 2 rings (SSSR count). The number of aryl methyl sites for hydroxylation is 1. The van der Waals surface area contributed by atoms with Gasteiger partial charge in [-0.1, -0.05) is 0 Å². The summed E-state index contributed by atoms with van der Waals surface area (Å²) in [6.45, 7) is 3.45. The number of hydrogen-bond donors (Lipinski definition) is 1.